The highest BCUT2D eigenvalue weighted by Gasteiger charge is 2.13. The molecule has 0 bridgehead atoms. The van der Waals surface area contributed by atoms with Crippen molar-refractivity contribution in [2.45, 2.75) is 26.4 Å². The topological polar surface area (TPSA) is 63.2 Å². The van der Waals surface area contributed by atoms with Gasteiger partial charge in [-0.15, -0.1) is 0 Å². The number of carbonyl (C=O) groups excluding carboxylic acids is 1. The van der Waals surface area contributed by atoms with Crippen molar-refractivity contribution in [3.8, 4) is 11.5 Å². The third-order valence-electron chi connectivity index (χ3n) is 5.64. The number of benzene rings is 3. The SMILES string of the molecule is COc1cc(/C=N\NC(=O)c2ccc(N3CCCC3)cc2)ccc1OCc1cccc(C)c1. The number of methoxy groups -OCH3 is 1. The van der Waals surface area contributed by atoms with Gasteiger partial charge in [-0.3, -0.25) is 4.79 Å². The van der Waals surface area contributed by atoms with Crippen molar-refractivity contribution in [1.82, 2.24) is 5.43 Å². The van der Waals surface area contributed by atoms with E-state index in [-0.39, 0.29) is 5.91 Å². The average Bonchev–Trinajstić information content (AvgIpc) is 3.38. The molecule has 1 amide bonds. The van der Waals surface area contributed by atoms with Gasteiger partial charge in [-0.25, -0.2) is 5.43 Å². The summed E-state index contributed by atoms with van der Waals surface area (Å²) in [6, 6.07) is 21.4. The van der Waals surface area contributed by atoms with E-state index in [0.29, 0.717) is 23.7 Å². The largest absolute Gasteiger partial charge is 0.493 e. The molecule has 0 aromatic heterocycles. The average molecular weight is 444 g/mol. The van der Waals surface area contributed by atoms with E-state index in [1.165, 1.54) is 18.4 Å². The highest BCUT2D eigenvalue weighted by molar-refractivity contribution is 5.95. The molecule has 1 aliphatic heterocycles. The van der Waals surface area contributed by atoms with E-state index < -0.39 is 0 Å². The Kier molecular flexibility index (Phi) is 7.25. The summed E-state index contributed by atoms with van der Waals surface area (Å²) < 4.78 is 11.4. The molecule has 3 aromatic carbocycles. The summed E-state index contributed by atoms with van der Waals surface area (Å²) in [5.74, 6) is 1.01. The maximum Gasteiger partial charge on any atom is 0.271 e. The van der Waals surface area contributed by atoms with E-state index in [1.807, 2.05) is 54.6 Å². The number of ether oxygens (including phenoxy) is 2. The number of anilines is 1. The number of amides is 1. The molecule has 3 aromatic rings. The van der Waals surface area contributed by atoms with Crippen LogP contribution in [0.1, 0.15) is 39.9 Å². The zero-order valence-corrected chi connectivity index (χ0v) is 19.1. The molecule has 1 fully saturated rings. The Morgan fingerprint density at radius 3 is 2.55 bits per heavy atom. The van der Waals surface area contributed by atoms with E-state index in [4.69, 9.17) is 9.47 Å². The fraction of sp³-hybridized carbons (Fsp3) is 0.259. The molecule has 33 heavy (non-hydrogen) atoms. The number of hydrazone groups is 1. The lowest BCUT2D eigenvalue weighted by Gasteiger charge is -2.17. The third kappa shape index (κ3) is 5.92. The van der Waals surface area contributed by atoms with E-state index in [2.05, 4.69) is 34.5 Å². The quantitative estimate of drug-likeness (QED) is 0.395. The van der Waals surface area contributed by atoms with E-state index in [1.54, 1.807) is 13.3 Å². The van der Waals surface area contributed by atoms with Gasteiger partial charge in [0.05, 0.1) is 13.3 Å². The predicted octanol–water partition coefficient (Wildman–Crippen LogP) is 4.95. The maximum absolute atomic E-state index is 12.4. The first-order chi connectivity index (χ1) is 16.1. The van der Waals surface area contributed by atoms with Crippen molar-refractivity contribution in [2.75, 3.05) is 25.1 Å². The van der Waals surface area contributed by atoms with E-state index in [0.717, 1.165) is 29.9 Å². The van der Waals surface area contributed by atoms with Crippen LogP contribution in [0, 0.1) is 6.92 Å². The number of rotatable bonds is 8. The number of nitrogens with zero attached hydrogens (tertiary/aromatic N) is 2. The molecule has 6 heteroatoms. The van der Waals surface area contributed by atoms with Crippen molar-refractivity contribution in [1.29, 1.82) is 0 Å². The van der Waals surface area contributed by atoms with Gasteiger partial charge in [-0.2, -0.15) is 5.10 Å². The monoisotopic (exact) mass is 443 g/mol. The van der Waals surface area contributed by atoms with E-state index >= 15 is 0 Å². The number of nitrogens with one attached hydrogen (secondary N) is 1. The molecule has 0 aliphatic carbocycles. The first-order valence-corrected chi connectivity index (χ1v) is 11.2. The van der Waals surface area contributed by atoms with Gasteiger partial charge in [0.15, 0.2) is 11.5 Å². The number of hydrogen-bond acceptors (Lipinski definition) is 5. The second kappa shape index (κ2) is 10.7. The van der Waals surface area contributed by atoms with Crippen LogP contribution in [0.2, 0.25) is 0 Å². The van der Waals surface area contributed by atoms with Gasteiger partial charge < -0.3 is 14.4 Å². The lowest BCUT2D eigenvalue weighted by atomic mass is 10.1. The van der Waals surface area contributed by atoms with Crippen LogP contribution in [0.5, 0.6) is 11.5 Å². The molecule has 0 saturated carbocycles. The fourth-order valence-corrected chi connectivity index (χ4v) is 3.88. The van der Waals surface area contributed by atoms with Crippen molar-refractivity contribution < 1.29 is 14.3 Å². The summed E-state index contributed by atoms with van der Waals surface area (Å²) in [4.78, 5) is 14.7. The first kappa shape index (κ1) is 22.4. The van der Waals surface area contributed by atoms with Gasteiger partial charge in [0, 0.05) is 24.3 Å². The molecule has 1 saturated heterocycles. The van der Waals surface area contributed by atoms with Crippen LogP contribution >= 0.6 is 0 Å². The van der Waals surface area contributed by atoms with Gasteiger partial charge in [-0.1, -0.05) is 29.8 Å². The Morgan fingerprint density at radius 1 is 1.03 bits per heavy atom. The van der Waals surface area contributed by atoms with Gasteiger partial charge in [0.25, 0.3) is 5.91 Å². The smallest absolute Gasteiger partial charge is 0.271 e. The molecule has 0 unspecified atom stereocenters. The molecule has 1 N–H and O–H groups in total. The molecule has 0 atom stereocenters. The van der Waals surface area contributed by atoms with Crippen molar-refractivity contribution >= 4 is 17.8 Å². The zero-order valence-electron chi connectivity index (χ0n) is 19.1. The maximum atomic E-state index is 12.4. The molecule has 0 radical (unpaired) electrons. The minimum atomic E-state index is -0.246. The number of carbonyl (C=O) groups is 1. The minimum Gasteiger partial charge on any atom is -0.493 e. The zero-order chi connectivity index (χ0) is 23.0. The summed E-state index contributed by atoms with van der Waals surface area (Å²) in [5.41, 5.74) is 7.40. The predicted molar refractivity (Wildman–Crippen MR) is 131 cm³/mol. The fourth-order valence-electron chi connectivity index (χ4n) is 3.88. The summed E-state index contributed by atoms with van der Waals surface area (Å²) in [5, 5.41) is 4.09. The summed E-state index contributed by atoms with van der Waals surface area (Å²) in [7, 11) is 1.60. The van der Waals surface area contributed by atoms with Crippen LogP contribution in [0.4, 0.5) is 5.69 Å². The molecular weight excluding hydrogens is 414 g/mol. The summed E-state index contributed by atoms with van der Waals surface area (Å²) in [6.45, 7) is 4.67. The standard InChI is InChI=1S/C27H29N3O3/c1-20-6-5-7-22(16-20)19-33-25-13-8-21(17-26(25)32-2)18-28-29-27(31)23-9-11-24(12-10-23)30-14-3-4-15-30/h5-13,16-18H,3-4,14-15,19H2,1-2H3,(H,29,31)/b28-18-. The second-order valence-corrected chi connectivity index (χ2v) is 8.13. The minimum absolute atomic E-state index is 0.246. The first-order valence-electron chi connectivity index (χ1n) is 11.2. The van der Waals surface area contributed by atoms with E-state index in [9.17, 15) is 4.79 Å². The van der Waals surface area contributed by atoms with Crippen LogP contribution in [0.3, 0.4) is 0 Å². The van der Waals surface area contributed by atoms with Crippen molar-refractivity contribution in [2.24, 2.45) is 5.10 Å². The lowest BCUT2D eigenvalue weighted by molar-refractivity contribution is 0.0955. The molecule has 4 rings (SSSR count). The van der Waals surface area contributed by atoms with Crippen LogP contribution in [0.25, 0.3) is 0 Å². The summed E-state index contributed by atoms with van der Waals surface area (Å²) in [6.07, 6.45) is 4.03. The van der Waals surface area contributed by atoms with Gasteiger partial charge in [0.1, 0.15) is 6.61 Å². The highest BCUT2D eigenvalue weighted by Crippen LogP contribution is 2.28. The molecular formula is C27H29N3O3. The lowest BCUT2D eigenvalue weighted by Crippen LogP contribution is -2.19. The Morgan fingerprint density at radius 2 is 1.82 bits per heavy atom. The molecule has 1 aliphatic rings. The van der Waals surface area contributed by atoms with Gasteiger partial charge in [-0.05, 0) is 73.4 Å². The Balaban J connectivity index is 1.34. The normalized spacial score (nSPS) is 13.3. The Bertz CT molecular complexity index is 1120. The van der Waals surface area contributed by atoms with Gasteiger partial charge >= 0.3 is 0 Å². The van der Waals surface area contributed by atoms with Crippen molar-refractivity contribution in [3.63, 3.8) is 0 Å². The molecule has 170 valence electrons. The van der Waals surface area contributed by atoms with Crippen LogP contribution in [-0.2, 0) is 6.61 Å². The molecule has 1 heterocycles. The Hall–Kier alpha value is -3.80. The highest BCUT2D eigenvalue weighted by atomic mass is 16.5. The Labute approximate surface area is 194 Å². The second-order valence-electron chi connectivity index (χ2n) is 8.13. The molecule has 0 spiro atoms. The van der Waals surface area contributed by atoms with Crippen molar-refractivity contribution in [3.05, 3.63) is 89.0 Å². The third-order valence-corrected chi connectivity index (χ3v) is 5.64. The molecule has 6 nitrogen and oxygen atoms in total. The van der Waals surface area contributed by atoms with Crippen LogP contribution < -0.4 is 19.8 Å². The van der Waals surface area contributed by atoms with Crippen LogP contribution in [0.15, 0.2) is 71.8 Å². The van der Waals surface area contributed by atoms with Crippen LogP contribution in [-0.4, -0.2) is 32.3 Å². The van der Waals surface area contributed by atoms with Gasteiger partial charge in [0.2, 0.25) is 0 Å². The summed E-state index contributed by atoms with van der Waals surface area (Å²) >= 11 is 0. The number of hydrogen-bond donors (Lipinski definition) is 1. The number of aryl methyl sites for hydroxylation is 1.